The van der Waals surface area contributed by atoms with Crippen LogP contribution in [0.2, 0.25) is 0 Å². The first kappa shape index (κ1) is 30.3. The van der Waals surface area contributed by atoms with Crippen LogP contribution in [0, 0.1) is 24.3 Å². The minimum atomic E-state index is -1.02. The van der Waals surface area contributed by atoms with E-state index < -0.39 is 23.0 Å². The lowest BCUT2D eigenvalue weighted by molar-refractivity contribution is -0.136. The molecule has 2 fully saturated rings. The Morgan fingerprint density at radius 3 is 2.62 bits per heavy atom. The second-order valence-corrected chi connectivity index (χ2v) is 12.4. The van der Waals surface area contributed by atoms with Gasteiger partial charge in [-0.1, -0.05) is 47.4 Å². The summed E-state index contributed by atoms with van der Waals surface area (Å²) in [6, 6.07) is 15.4. The van der Waals surface area contributed by atoms with Gasteiger partial charge in [-0.3, -0.25) is 29.2 Å². The predicted octanol–water partition coefficient (Wildman–Crippen LogP) is 3.53. The summed E-state index contributed by atoms with van der Waals surface area (Å²) in [7, 11) is 0. The number of carbonyl (C=O) groups is 3. The van der Waals surface area contributed by atoms with Crippen molar-refractivity contribution in [2.75, 3.05) is 23.3 Å². The third-order valence-electron chi connectivity index (χ3n) is 8.82. The molecule has 1 atom stereocenters. The molecule has 5 aromatic rings. The van der Waals surface area contributed by atoms with Crippen LogP contribution in [0.3, 0.4) is 0 Å². The van der Waals surface area contributed by atoms with E-state index in [9.17, 15) is 19.2 Å². The SMILES string of the molecule is [C-]#[N+]c1ccc(NC(=O)C(C)(C)n2cc(C#CC3CN(c4ccc5c(=O)n(C6CCC(=O)NC6=O)nnc5c4)C3)cn2)c2ccccc12. The molecule has 0 radical (unpaired) electrons. The van der Waals surface area contributed by atoms with Crippen LogP contribution in [0.15, 0.2) is 71.8 Å². The topological polar surface area (TPSA) is 148 Å². The lowest BCUT2D eigenvalue weighted by Crippen LogP contribution is -2.46. The summed E-state index contributed by atoms with van der Waals surface area (Å²) >= 11 is 0. The Balaban J connectivity index is 0.995. The molecule has 2 aromatic heterocycles. The molecule has 1 unspecified atom stereocenters. The van der Waals surface area contributed by atoms with Gasteiger partial charge in [0.1, 0.15) is 17.1 Å². The van der Waals surface area contributed by atoms with Crippen molar-refractivity contribution in [2.24, 2.45) is 5.92 Å². The Bertz CT molecular complexity index is 2320. The zero-order chi connectivity index (χ0) is 33.6. The van der Waals surface area contributed by atoms with Crippen LogP contribution in [0.5, 0.6) is 0 Å². The number of fused-ring (bicyclic) bond motifs is 2. The Morgan fingerprint density at radius 1 is 1.06 bits per heavy atom. The van der Waals surface area contributed by atoms with Crippen LogP contribution < -0.4 is 21.1 Å². The molecule has 0 spiro atoms. The van der Waals surface area contributed by atoms with Crippen LogP contribution in [0.4, 0.5) is 17.1 Å². The van der Waals surface area contributed by atoms with Gasteiger partial charge in [-0.2, -0.15) is 9.78 Å². The van der Waals surface area contributed by atoms with Gasteiger partial charge in [0.2, 0.25) is 5.91 Å². The van der Waals surface area contributed by atoms with Gasteiger partial charge >= 0.3 is 0 Å². The molecule has 4 heterocycles. The molecule has 238 valence electrons. The number of benzene rings is 3. The van der Waals surface area contributed by atoms with Crippen LogP contribution in [0.1, 0.15) is 38.3 Å². The molecule has 2 aliphatic rings. The first-order valence-electron chi connectivity index (χ1n) is 15.4. The number of piperidine rings is 1. The number of aromatic nitrogens is 5. The van der Waals surface area contributed by atoms with E-state index in [-0.39, 0.29) is 30.6 Å². The minimum absolute atomic E-state index is 0.110. The number of amides is 3. The number of nitrogens with zero attached hydrogens (tertiary/aromatic N) is 7. The second kappa shape index (κ2) is 11.8. The Morgan fingerprint density at radius 2 is 1.85 bits per heavy atom. The predicted molar refractivity (Wildman–Crippen MR) is 178 cm³/mol. The zero-order valence-electron chi connectivity index (χ0n) is 26.1. The number of imide groups is 1. The van der Waals surface area contributed by atoms with E-state index in [1.54, 1.807) is 55.2 Å². The highest BCUT2D eigenvalue weighted by Crippen LogP contribution is 2.33. The number of nitrogens with one attached hydrogen (secondary N) is 2. The third-order valence-corrected chi connectivity index (χ3v) is 8.82. The molecule has 7 rings (SSSR count). The number of rotatable bonds is 5. The maximum Gasteiger partial charge on any atom is 0.278 e. The zero-order valence-corrected chi connectivity index (χ0v) is 26.1. The van der Waals surface area contributed by atoms with Gasteiger partial charge < -0.3 is 10.2 Å². The van der Waals surface area contributed by atoms with Crippen LogP contribution in [-0.4, -0.2) is 55.6 Å². The summed E-state index contributed by atoms with van der Waals surface area (Å²) in [5.74, 6) is 5.40. The fourth-order valence-corrected chi connectivity index (χ4v) is 5.89. The monoisotopic (exact) mass is 639 g/mol. The molecule has 2 aliphatic heterocycles. The smallest absolute Gasteiger partial charge is 0.278 e. The standard InChI is InChI=1S/C35H29N9O4/c1-35(2,34(48)38-28-13-12-27(36-3)24-6-4-5-7-25(24)28)43-20-21(17-37-43)8-9-22-18-42(19-22)23-10-11-26-29(16-23)40-41-44(33(26)47)30-14-15-31(45)39-32(30)46/h4-7,10-13,16-17,20,22,30H,14-15,18-19H2,1-2H3,(H,38,48)(H,39,45,46). The quantitative estimate of drug-likeness (QED) is 0.169. The lowest BCUT2D eigenvalue weighted by atomic mass is 9.99. The van der Waals surface area contributed by atoms with Crippen molar-refractivity contribution in [3.8, 4) is 11.8 Å². The van der Waals surface area contributed by atoms with Crippen LogP contribution >= 0.6 is 0 Å². The largest absolute Gasteiger partial charge is 0.369 e. The van der Waals surface area contributed by atoms with E-state index in [0.29, 0.717) is 40.9 Å². The molecule has 0 aliphatic carbocycles. The maximum atomic E-state index is 13.4. The van der Waals surface area contributed by atoms with Crippen molar-refractivity contribution in [2.45, 2.75) is 38.3 Å². The Labute approximate surface area is 274 Å². The molecule has 3 aromatic carbocycles. The molecule has 0 bridgehead atoms. The van der Waals surface area contributed by atoms with Crippen molar-refractivity contribution in [3.63, 3.8) is 0 Å². The van der Waals surface area contributed by atoms with E-state index in [1.165, 1.54) is 0 Å². The molecular weight excluding hydrogens is 610 g/mol. The number of hydrogen-bond acceptors (Lipinski definition) is 8. The number of carbonyl (C=O) groups excluding carboxylic acids is 3. The lowest BCUT2D eigenvalue weighted by Gasteiger charge is -2.38. The Hall–Kier alpha value is -6.34. The van der Waals surface area contributed by atoms with Gasteiger partial charge in [0.25, 0.3) is 17.4 Å². The Kier molecular flexibility index (Phi) is 7.45. The maximum absolute atomic E-state index is 13.4. The highest BCUT2D eigenvalue weighted by atomic mass is 16.2. The summed E-state index contributed by atoms with van der Waals surface area (Å²) in [4.78, 5) is 55.9. The van der Waals surface area contributed by atoms with E-state index in [2.05, 4.69) is 47.6 Å². The highest BCUT2D eigenvalue weighted by Gasteiger charge is 2.32. The van der Waals surface area contributed by atoms with Gasteiger partial charge in [-0.15, -0.1) is 5.10 Å². The van der Waals surface area contributed by atoms with Gasteiger partial charge in [-0.05, 0) is 55.3 Å². The van der Waals surface area contributed by atoms with E-state index >= 15 is 0 Å². The first-order valence-corrected chi connectivity index (χ1v) is 15.4. The molecule has 2 N–H and O–H groups in total. The molecule has 3 amide bonds. The van der Waals surface area contributed by atoms with Crippen molar-refractivity contribution in [1.82, 2.24) is 30.1 Å². The van der Waals surface area contributed by atoms with Gasteiger partial charge in [0, 0.05) is 37.1 Å². The van der Waals surface area contributed by atoms with Gasteiger partial charge in [-0.25, -0.2) is 4.85 Å². The van der Waals surface area contributed by atoms with Gasteiger partial charge in [0.15, 0.2) is 5.69 Å². The molecule has 0 saturated carbocycles. The van der Waals surface area contributed by atoms with Crippen LogP contribution in [0.25, 0.3) is 26.5 Å². The fourth-order valence-electron chi connectivity index (χ4n) is 5.89. The van der Waals surface area contributed by atoms with E-state index in [1.807, 2.05) is 30.3 Å². The van der Waals surface area contributed by atoms with Crippen LogP contribution in [-0.2, 0) is 19.9 Å². The normalized spacial score (nSPS) is 16.5. The van der Waals surface area contributed by atoms with E-state index in [0.717, 1.165) is 21.1 Å². The molecule has 13 heteroatoms. The fraction of sp³-hybridized carbons (Fsp3) is 0.257. The average molecular weight is 640 g/mol. The highest BCUT2D eigenvalue weighted by molar-refractivity contribution is 6.08. The summed E-state index contributed by atoms with van der Waals surface area (Å²) in [5.41, 5.74) is 1.69. The average Bonchev–Trinajstić information content (AvgIpc) is 3.55. The molecule has 2 saturated heterocycles. The molecule has 13 nitrogen and oxygen atoms in total. The first-order chi connectivity index (χ1) is 23.1. The number of anilines is 2. The summed E-state index contributed by atoms with van der Waals surface area (Å²) in [6.45, 7) is 12.4. The molecule has 48 heavy (non-hydrogen) atoms. The summed E-state index contributed by atoms with van der Waals surface area (Å²) in [5, 5.41) is 19.8. The van der Waals surface area contributed by atoms with Crippen molar-refractivity contribution >= 4 is 56.5 Å². The van der Waals surface area contributed by atoms with E-state index in [4.69, 9.17) is 6.57 Å². The number of hydrogen-bond donors (Lipinski definition) is 2. The minimum Gasteiger partial charge on any atom is -0.369 e. The molecular formula is C35H29N9O4. The van der Waals surface area contributed by atoms with Gasteiger partial charge in [0.05, 0.1) is 29.6 Å². The summed E-state index contributed by atoms with van der Waals surface area (Å²) < 4.78 is 2.64. The third kappa shape index (κ3) is 5.41. The summed E-state index contributed by atoms with van der Waals surface area (Å²) in [6.07, 6.45) is 3.73. The van der Waals surface area contributed by atoms with Crippen molar-refractivity contribution in [1.29, 1.82) is 0 Å². The second-order valence-electron chi connectivity index (χ2n) is 12.4. The van der Waals surface area contributed by atoms with Crippen molar-refractivity contribution in [3.05, 3.63) is 94.3 Å². The van der Waals surface area contributed by atoms with Crippen molar-refractivity contribution < 1.29 is 14.4 Å².